The smallest absolute Gasteiger partial charge is 0.492 e. The zero-order valence-electron chi connectivity index (χ0n) is 8.71. The van der Waals surface area contributed by atoms with Gasteiger partial charge in [0.2, 0.25) is 0 Å². The van der Waals surface area contributed by atoms with Gasteiger partial charge in [-0.15, -0.1) is 0 Å². The molecule has 7 heteroatoms. The van der Waals surface area contributed by atoms with E-state index in [1.54, 1.807) is 19.2 Å². The van der Waals surface area contributed by atoms with Gasteiger partial charge in [0, 0.05) is 0 Å². The van der Waals surface area contributed by atoms with E-state index < -0.39 is 19.1 Å². The van der Waals surface area contributed by atoms with Crippen molar-refractivity contribution >= 4 is 24.7 Å². The molecule has 0 atom stereocenters. The Bertz CT molecular complexity index is 371. The lowest BCUT2D eigenvalue weighted by atomic mass is 9.85. The van der Waals surface area contributed by atoms with Crippen LogP contribution in [-0.4, -0.2) is 44.1 Å². The fourth-order valence-corrected chi connectivity index (χ4v) is 1.38. The van der Waals surface area contributed by atoms with Crippen molar-refractivity contribution in [3.8, 4) is 0 Å². The summed E-state index contributed by atoms with van der Waals surface area (Å²) in [7, 11) is 0.555. The van der Waals surface area contributed by atoms with Crippen molar-refractivity contribution in [1.29, 1.82) is 0 Å². The van der Waals surface area contributed by atoms with Gasteiger partial charge in [-0.05, 0) is 19.2 Å². The molecule has 0 N–H and O–H groups in total. The molecule has 1 fully saturated rings. The minimum absolute atomic E-state index is 0.0479. The Kier molecular flexibility index (Phi) is 2.96. The van der Waals surface area contributed by atoms with E-state index in [1.807, 2.05) is 0 Å². The Morgan fingerprint density at radius 3 is 2.38 bits per heavy atom. The number of nitrogens with zero attached hydrogens (tertiary/aromatic N) is 1. The lowest BCUT2D eigenvalue weighted by Gasteiger charge is -2.21. The number of hydrogen-bond acceptors (Lipinski definition) is 6. The van der Waals surface area contributed by atoms with E-state index in [0.29, 0.717) is 5.66 Å². The van der Waals surface area contributed by atoms with Crippen LogP contribution in [0.2, 0.25) is 0 Å². The van der Waals surface area contributed by atoms with Crippen LogP contribution in [0, 0.1) is 0 Å². The average Bonchev–Trinajstić information content (AvgIpc) is 2.66. The zero-order valence-corrected chi connectivity index (χ0v) is 8.71. The second-order valence-corrected chi connectivity index (χ2v) is 3.50. The summed E-state index contributed by atoms with van der Waals surface area (Å²) in [5.74, 6) is -0.923. The molecule has 0 aliphatic carbocycles. The summed E-state index contributed by atoms with van der Waals surface area (Å²) in [6.45, 7) is 0.0959. The number of likely N-dealkylation sites (N-methyl/N-ethyl adjacent to an activating group) is 1. The SMILES string of the molecule is CN1CC(=O)OB(c2ccco2)OC(=O)C1. The fourth-order valence-electron chi connectivity index (χ4n) is 1.38. The molecule has 16 heavy (non-hydrogen) atoms. The molecule has 0 amide bonds. The van der Waals surface area contributed by atoms with Crippen LogP contribution >= 0.6 is 0 Å². The standard InChI is InChI=1S/C9H10BNO5/c1-11-5-8(12)15-10(16-9(13)6-11)7-3-2-4-14-7/h2-4H,5-6H2,1H3. The first kappa shape index (κ1) is 10.8. The molecule has 1 aliphatic heterocycles. The monoisotopic (exact) mass is 223 g/mol. The highest BCUT2D eigenvalue weighted by Gasteiger charge is 2.36. The molecule has 1 aromatic heterocycles. The normalized spacial score (nSPS) is 18.7. The topological polar surface area (TPSA) is 69.0 Å². The lowest BCUT2D eigenvalue weighted by molar-refractivity contribution is -0.145. The number of carbonyl (C=O) groups is 2. The van der Waals surface area contributed by atoms with Crippen molar-refractivity contribution in [2.45, 2.75) is 0 Å². The molecule has 2 heterocycles. The minimum atomic E-state index is -1.08. The van der Waals surface area contributed by atoms with Crippen LogP contribution in [0.3, 0.4) is 0 Å². The van der Waals surface area contributed by atoms with E-state index >= 15 is 0 Å². The molecule has 1 aromatic rings. The summed E-state index contributed by atoms with van der Waals surface area (Å²) in [6, 6.07) is 3.21. The van der Waals surface area contributed by atoms with Gasteiger partial charge >= 0.3 is 19.1 Å². The quantitative estimate of drug-likeness (QED) is 0.569. The lowest BCUT2D eigenvalue weighted by Crippen LogP contribution is -2.47. The molecule has 0 radical (unpaired) electrons. The minimum Gasteiger partial charge on any atom is -0.492 e. The first-order valence-corrected chi connectivity index (χ1v) is 4.76. The van der Waals surface area contributed by atoms with Crippen molar-refractivity contribution in [1.82, 2.24) is 4.90 Å². The van der Waals surface area contributed by atoms with Gasteiger partial charge in [-0.25, -0.2) is 0 Å². The maximum Gasteiger partial charge on any atom is 0.674 e. The molecule has 1 saturated heterocycles. The van der Waals surface area contributed by atoms with Gasteiger partial charge in [-0.1, -0.05) is 0 Å². The average molecular weight is 223 g/mol. The largest absolute Gasteiger partial charge is 0.674 e. The Balaban J connectivity index is 2.13. The van der Waals surface area contributed by atoms with Gasteiger partial charge in [0.25, 0.3) is 0 Å². The molecular weight excluding hydrogens is 213 g/mol. The maximum atomic E-state index is 11.4. The Labute approximate surface area is 92.2 Å². The third-order valence-electron chi connectivity index (χ3n) is 2.05. The molecule has 0 saturated carbocycles. The Morgan fingerprint density at radius 2 is 1.88 bits per heavy atom. The van der Waals surface area contributed by atoms with Gasteiger partial charge in [-0.2, -0.15) is 0 Å². The summed E-state index contributed by atoms with van der Waals surface area (Å²) >= 11 is 0. The highest BCUT2D eigenvalue weighted by molar-refractivity contribution is 6.63. The molecule has 0 spiro atoms. The van der Waals surface area contributed by atoms with E-state index in [1.165, 1.54) is 11.2 Å². The van der Waals surface area contributed by atoms with Crippen LogP contribution in [0.15, 0.2) is 22.8 Å². The third kappa shape index (κ3) is 2.43. The van der Waals surface area contributed by atoms with Crippen LogP contribution in [0.5, 0.6) is 0 Å². The van der Waals surface area contributed by atoms with Crippen molar-refractivity contribution < 1.29 is 23.3 Å². The summed E-state index contributed by atoms with van der Waals surface area (Å²) in [5.41, 5.74) is 0.297. The number of carbonyl (C=O) groups excluding carboxylic acids is 2. The van der Waals surface area contributed by atoms with Crippen molar-refractivity contribution in [2.75, 3.05) is 20.1 Å². The van der Waals surface area contributed by atoms with Crippen molar-refractivity contribution in [3.63, 3.8) is 0 Å². The second kappa shape index (κ2) is 4.40. The van der Waals surface area contributed by atoms with Crippen molar-refractivity contribution in [2.24, 2.45) is 0 Å². The van der Waals surface area contributed by atoms with E-state index in [4.69, 9.17) is 13.7 Å². The molecule has 0 unspecified atom stereocenters. The van der Waals surface area contributed by atoms with Crippen LogP contribution < -0.4 is 5.66 Å². The molecule has 84 valence electrons. The molecule has 0 aromatic carbocycles. The number of furan rings is 1. The Morgan fingerprint density at radius 1 is 1.25 bits per heavy atom. The Hall–Kier alpha value is -1.76. The zero-order chi connectivity index (χ0) is 11.5. The fraction of sp³-hybridized carbons (Fsp3) is 0.333. The van der Waals surface area contributed by atoms with Gasteiger partial charge in [0.05, 0.1) is 19.4 Å². The first-order chi connectivity index (χ1) is 7.65. The third-order valence-corrected chi connectivity index (χ3v) is 2.05. The van der Waals surface area contributed by atoms with Crippen LogP contribution in [-0.2, 0) is 18.9 Å². The molecule has 0 bridgehead atoms. The summed E-state index contributed by atoms with van der Waals surface area (Å²) in [6.07, 6.45) is 1.42. The first-order valence-electron chi connectivity index (χ1n) is 4.76. The predicted molar refractivity (Wildman–Crippen MR) is 53.8 cm³/mol. The highest BCUT2D eigenvalue weighted by Crippen LogP contribution is 2.01. The van der Waals surface area contributed by atoms with Crippen LogP contribution in [0.1, 0.15) is 0 Å². The van der Waals surface area contributed by atoms with Crippen molar-refractivity contribution in [3.05, 3.63) is 18.4 Å². The van der Waals surface area contributed by atoms with Crippen LogP contribution in [0.4, 0.5) is 0 Å². The summed E-state index contributed by atoms with van der Waals surface area (Å²) in [4.78, 5) is 24.2. The van der Waals surface area contributed by atoms with E-state index in [9.17, 15) is 9.59 Å². The highest BCUT2D eigenvalue weighted by atomic mass is 16.6. The van der Waals surface area contributed by atoms with Crippen LogP contribution in [0.25, 0.3) is 0 Å². The van der Waals surface area contributed by atoms with E-state index in [2.05, 4.69) is 0 Å². The van der Waals surface area contributed by atoms with Gasteiger partial charge in [0.15, 0.2) is 5.66 Å². The van der Waals surface area contributed by atoms with E-state index in [0.717, 1.165) is 0 Å². The van der Waals surface area contributed by atoms with Gasteiger partial charge < -0.3 is 13.7 Å². The summed E-state index contributed by atoms with van der Waals surface area (Å²) < 4.78 is 14.9. The summed E-state index contributed by atoms with van der Waals surface area (Å²) in [5, 5.41) is 0. The molecule has 2 rings (SSSR count). The number of hydrogen-bond donors (Lipinski definition) is 0. The van der Waals surface area contributed by atoms with Gasteiger partial charge in [0.1, 0.15) is 0 Å². The number of rotatable bonds is 1. The molecule has 6 nitrogen and oxygen atoms in total. The van der Waals surface area contributed by atoms with E-state index in [-0.39, 0.29) is 13.1 Å². The molecule has 1 aliphatic rings. The molecular formula is C9H10BNO5. The second-order valence-electron chi connectivity index (χ2n) is 3.50. The maximum absolute atomic E-state index is 11.4. The predicted octanol–water partition coefficient (Wildman–Crippen LogP) is -0.993. The van der Waals surface area contributed by atoms with Gasteiger partial charge in [-0.3, -0.25) is 14.5 Å².